The van der Waals surface area contributed by atoms with Crippen molar-refractivity contribution in [2.24, 2.45) is 0 Å². The molecule has 1 aromatic carbocycles. The van der Waals surface area contributed by atoms with E-state index >= 15 is 0 Å². The maximum absolute atomic E-state index is 5.58. The smallest absolute Gasteiger partial charge is 0.233 e. The van der Waals surface area contributed by atoms with E-state index < -0.39 is 0 Å². The van der Waals surface area contributed by atoms with Gasteiger partial charge in [-0.1, -0.05) is 0 Å². The molecule has 1 aromatic heterocycles. The molecular weight excluding hydrogens is 292 g/mol. The third-order valence-corrected chi connectivity index (χ3v) is 4.41. The Bertz CT molecular complexity index is 626. The van der Waals surface area contributed by atoms with Crippen molar-refractivity contribution >= 4 is 5.69 Å². The molecule has 0 N–H and O–H groups in total. The summed E-state index contributed by atoms with van der Waals surface area (Å²) in [5.74, 6) is 2.23. The van der Waals surface area contributed by atoms with Crippen LogP contribution in [0.2, 0.25) is 0 Å². The van der Waals surface area contributed by atoms with E-state index in [1.807, 2.05) is 19.1 Å². The minimum Gasteiger partial charge on any atom is -0.497 e. The van der Waals surface area contributed by atoms with Crippen LogP contribution in [0.3, 0.4) is 0 Å². The maximum atomic E-state index is 5.58. The number of aryl methyl sites for hydroxylation is 1. The molecule has 2 aromatic rings. The van der Waals surface area contributed by atoms with Gasteiger partial charge in [-0.3, -0.25) is 4.90 Å². The molecule has 1 aliphatic rings. The summed E-state index contributed by atoms with van der Waals surface area (Å²) in [7, 11) is 1.69. The summed E-state index contributed by atoms with van der Waals surface area (Å²) in [5, 5.41) is 8.10. The summed E-state index contributed by atoms with van der Waals surface area (Å²) in [6.07, 6.45) is 1.11. The SMILES string of the molecule is COc1ccc(N2CCCN(C(C)c3nnc(C)o3)CC2)cc1. The largest absolute Gasteiger partial charge is 0.497 e. The van der Waals surface area contributed by atoms with Gasteiger partial charge >= 0.3 is 0 Å². The summed E-state index contributed by atoms with van der Waals surface area (Å²) in [6, 6.07) is 8.44. The van der Waals surface area contributed by atoms with Crippen LogP contribution in [0.4, 0.5) is 5.69 Å². The van der Waals surface area contributed by atoms with Gasteiger partial charge < -0.3 is 14.1 Å². The molecule has 1 unspecified atom stereocenters. The van der Waals surface area contributed by atoms with Crippen LogP contribution in [0, 0.1) is 6.92 Å². The van der Waals surface area contributed by atoms with Crippen molar-refractivity contribution in [1.29, 1.82) is 0 Å². The zero-order chi connectivity index (χ0) is 16.2. The van der Waals surface area contributed by atoms with E-state index in [9.17, 15) is 0 Å². The van der Waals surface area contributed by atoms with E-state index in [4.69, 9.17) is 9.15 Å². The lowest BCUT2D eigenvalue weighted by Crippen LogP contribution is -2.32. The highest BCUT2D eigenvalue weighted by atomic mass is 16.5. The number of hydrogen-bond acceptors (Lipinski definition) is 6. The molecule has 3 rings (SSSR count). The molecule has 124 valence electrons. The number of anilines is 1. The average molecular weight is 316 g/mol. The molecule has 6 heteroatoms. The van der Waals surface area contributed by atoms with Crippen molar-refractivity contribution in [2.45, 2.75) is 26.3 Å². The highest BCUT2D eigenvalue weighted by Gasteiger charge is 2.23. The average Bonchev–Trinajstić information content (AvgIpc) is 2.87. The van der Waals surface area contributed by atoms with Crippen LogP contribution in [-0.4, -0.2) is 48.4 Å². The van der Waals surface area contributed by atoms with Crippen LogP contribution in [-0.2, 0) is 0 Å². The van der Waals surface area contributed by atoms with Gasteiger partial charge in [0.05, 0.1) is 13.2 Å². The number of rotatable bonds is 4. The van der Waals surface area contributed by atoms with Crippen LogP contribution in [0.15, 0.2) is 28.7 Å². The predicted molar refractivity (Wildman–Crippen MR) is 88.8 cm³/mol. The third kappa shape index (κ3) is 3.64. The normalized spacial score (nSPS) is 17.8. The Labute approximate surface area is 137 Å². The van der Waals surface area contributed by atoms with E-state index in [1.165, 1.54) is 5.69 Å². The minimum atomic E-state index is 0.159. The second-order valence-electron chi connectivity index (χ2n) is 5.91. The van der Waals surface area contributed by atoms with Crippen molar-refractivity contribution in [3.8, 4) is 5.75 Å². The molecule has 0 saturated carbocycles. The third-order valence-electron chi connectivity index (χ3n) is 4.41. The first-order chi connectivity index (χ1) is 11.2. The fourth-order valence-electron chi connectivity index (χ4n) is 3.01. The van der Waals surface area contributed by atoms with Crippen LogP contribution < -0.4 is 9.64 Å². The molecule has 0 bridgehead atoms. The number of methoxy groups -OCH3 is 1. The van der Waals surface area contributed by atoms with Crippen LogP contribution >= 0.6 is 0 Å². The van der Waals surface area contributed by atoms with Gasteiger partial charge in [0, 0.05) is 38.8 Å². The van der Waals surface area contributed by atoms with Gasteiger partial charge in [-0.25, -0.2) is 0 Å². The number of aromatic nitrogens is 2. The fraction of sp³-hybridized carbons (Fsp3) is 0.529. The van der Waals surface area contributed by atoms with Gasteiger partial charge in [0.15, 0.2) is 0 Å². The summed E-state index contributed by atoms with van der Waals surface area (Å²) >= 11 is 0. The number of hydrogen-bond donors (Lipinski definition) is 0. The van der Waals surface area contributed by atoms with E-state index in [0.29, 0.717) is 11.8 Å². The lowest BCUT2D eigenvalue weighted by molar-refractivity contribution is 0.194. The van der Waals surface area contributed by atoms with Gasteiger partial charge in [0.25, 0.3) is 0 Å². The first kappa shape index (κ1) is 15.8. The lowest BCUT2D eigenvalue weighted by atomic mass is 10.2. The quantitative estimate of drug-likeness (QED) is 0.864. The molecule has 0 spiro atoms. The topological polar surface area (TPSA) is 54.6 Å². The second-order valence-corrected chi connectivity index (χ2v) is 5.91. The molecule has 1 saturated heterocycles. The van der Waals surface area contributed by atoms with E-state index in [-0.39, 0.29) is 6.04 Å². The van der Waals surface area contributed by atoms with Crippen LogP contribution in [0.5, 0.6) is 5.75 Å². The highest BCUT2D eigenvalue weighted by molar-refractivity contribution is 5.49. The number of nitrogens with zero attached hydrogens (tertiary/aromatic N) is 4. The molecule has 0 radical (unpaired) electrons. The Kier molecular flexibility index (Phi) is 4.81. The van der Waals surface area contributed by atoms with Gasteiger partial charge in [-0.05, 0) is 37.6 Å². The Morgan fingerprint density at radius 2 is 1.87 bits per heavy atom. The Balaban J connectivity index is 1.64. The highest BCUT2D eigenvalue weighted by Crippen LogP contribution is 2.24. The minimum absolute atomic E-state index is 0.159. The summed E-state index contributed by atoms with van der Waals surface area (Å²) in [5.41, 5.74) is 1.24. The second kappa shape index (κ2) is 7.00. The molecule has 1 atom stereocenters. The van der Waals surface area contributed by atoms with Crippen molar-refractivity contribution in [3.05, 3.63) is 36.0 Å². The zero-order valence-corrected chi connectivity index (χ0v) is 14.0. The summed E-state index contributed by atoms with van der Waals surface area (Å²) in [6.45, 7) is 8.03. The first-order valence-corrected chi connectivity index (χ1v) is 8.10. The van der Waals surface area contributed by atoms with Gasteiger partial charge in [0.2, 0.25) is 11.8 Å². The molecule has 1 fully saturated rings. The number of benzene rings is 1. The molecular formula is C17H24N4O2. The van der Waals surface area contributed by atoms with Gasteiger partial charge in [0.1, 0.15) is 5.75 Å². The number of ether oxygens (including phenoxy) is 1. The molecule has 6 nitrogen and oxygen atoms in total. The maximum Gasteiger partial charge on any atom is 0.233 e. The summed E-state index contributed by atoms with van der Waals surface area (Å²) < 4.78 is 10.8. The van der Waals surface area contributed by atoms with E-state index in [2.05, 4.69) is 39.1 Å². The molecule has 0 aliphatic carbocycles. The molecule has 23 heavy (non-hydrogen) atoms. The Morgan fingerprint density at radius 3 is 2.52 bits per heavy atom. The molecule has 2 heterocycles. The van der Waals surface area contributed by atoms with Crippen molar-refractivity contribution in [2.75, 3.05) is 38.2 Å². The van der Waals surface area contributed by atoms with Gasteiger partial charge in [-0.15, -0.1) is 10.2 Å². The standard InChI is InChI=1S/C17H24N4O2/c1-13(17-19-18-14(2)23-17)20-9-4-10-21(12-11-20)15-5-7-16(22-3)8-6-15/h5-8,13H,4,9-12H2,1-3H3. The lowest BCUT2D eigenvalue weighted by Gasteiger charge is -2.26. The van der Waals surface area contributed by atoms with Crippen molar-refractivity contribution in [1.82, 2.24) is 15.1 Å². The molecule has 0 amide bonds. The van der Waals surface area contributed by atoms with Crippen molar-refractivity contribution in [3.63, 3.8) is 0 Å². The Hall–Kier alpha value is -2.08. The Morgan fingerprint density at radius 1 is 1.09 bits per heavy atom. The molecule has 1 aliphatic heterocycles. The predicted octanol–water partition coefficient (Wildman–Crippen LogP) is 2.66. The summed E-state index contributed by atoms with van der Waals surface area (Å²) in [4.78, 5) is 4.84. The first-order valence-electron chi connectivity index (χ1n) is 8.10. The zero-order valence-electron chi connectivity index (χ0n) is 14.0. The van der Waals surface area contributed by atoms with Crippen molar-refractivity contribution < 1.29 is 9.15 Å². The monoisotopic (exact) mass is 316 g/mol. The van der Waals surface area contributed by atoms with Gasteiger partial charge in [-0.2, -0.15) is 0 Å². The van der Waals surface area contributed by atoms with E-state index in [0.717, 1.165) is 38.3 Å². The fourth-order valence-corrected chi connectivity index (χ4v) is 3.01. The van der Waals surface area contributed by atoms with E-state index in [1.54, 1.807) is 7.11 Å². The van der Waals surface area contributed by atoms with Crippen LogP contribution in [0.25, 0.3) is 0 Å². The van der Waals surface area contributed by atoms with Crippen LogP contribution in [0.1, 0.15) is 31.2 Å².